The number of phenols is 1. The highest BCUT2D eigenvalue weighted by atomic mass is 16.3. The fraction of sp³-hybridized carbons (Fsp3) is 0.182. The molecule has 0 heterocycles. The average molecular weight is 302 g/mol. The molecule has 116 valence electrons. The maximum Gasteiger partial charge on any atom is 0.115 e. The molecular weight excluding hydrogens is 280 g/mol. The molecule has 3 aromatic carbocycles. The Morgan fingerprint density at radius 3 is 1.70 bits per heavy atom. The van der Waals surface area contributed by atoms with Gasteiger partial charge in [-0.2, -0.15) is 0 Å². The van der Waals surface area contributed by atoms with E-state index in [0.717, 1.165) is 6.42 Å². The summed E-state index contributed by atoms with van der Waals surface area (Å²) in [6, 6.07) is 28.9. The maximum absolute atomic E-state index is 9.57. The summed E-state index contributed by atoms with van der Waals surface area (Å²) in [5.74, 6) is 1.11. The number of hydrogen-bond donors (Lipinski definition) is 1. The predicted molar refractivity (Wildman–Crippen MR) is 95.9 cm³/mol. The molecule has 0 spiro atoms. The molecule has 2 atom stereocenters. The molecule has 0 aliphatic carbocycles. The molecule has 0 radical (unpaired) electrons. The van der Waals surface area contributed by atoms with Gasteiger partial charge in [0, 0.05) is 5.92 Å². The van der Waals surface area contributed by atoms with Gasteiger partial charge < -0.3 is 5.11 Å². The summed E-state index contributed by atoms with van der Waals surface area (Å²) in [7, 11) is 0. The lowest BCUT2D eigenvalue weighted by Gasteiger charge is -2.22. The van der Waals surface area contributed by atoms with Gasteiger partial charge in [-0.3, -0.25) is 0 Å². The third-order valence-corrected chi connectivity index (χ3v) is 4.46. The van der Waals surface area contributed by atoms with Gasteiger partial charge in [-0.05, 0) is 41.2 Å². The van der Waals surface area contributed by atoms with Gasteiger partial charge in [0.1, 0.15) is 5.75 Å². The van der Waals surface area contributed by atoms with E-state index in [2.05, 4.69) is 67.6 Å². The van der Waals surface area contributed by atoms with Crippen LogP contribution in [0.4, 0.5) is 0 Å². The molecule has 0 saturated heterocycles. The molecule has 2 unspecified atom stereocenters. The number of benzene rings is 3. The van der Waals surface area contributed by atoms with E-state index in [4.69, 9.17) is 0 Å². The topological polar surface area (TPSA) is 20.2 Å². The van der Waals surface area contributed by atoms with Crippen LogP contribution in [0.5, 0.6) is 5.75 Å². The number of rotatable bonds is 5. The first kappa shape index (κ1) is 15.4. The van der Waals surface area contributed by atoms with E-state index in [0.29, 0.717) is 17.6 Å². The molecule has 1 nitrogen and oxygen atoms in total. The number of hydrogen-bond acceptors (Lipinski definition) is 1. The van der Waals surface area contributed by atoms with Gasteiger partial charge in [0.05, 0.1) is 0 Å². The smallest absolute Gasteiger partial charge is 0.115 e. The van der Waals surface area contributed by atoms with Crippen molar-refractivity contribution in [1.29, 1.82) is 0 Å². The lowest BCUT2D eigenvalue weighted by Crippen LogP contribution is -2.06. The van der Waals surface area contributed by atoms with Gasteiger partial charge in [-0.25, -0.2) is 0 Å². The van der Waals surface area contributed by atoms with Crippen LogP contribution in [-0.4, -0.2) is 5.11 Å². The molecular formula is C22H22O. The standard InChI is InChI=1S/C22H22O/c1-17(18-8-4-2-5-9-18)16-22(19-10-6-3-7-11-19)20-12-14-21(23)15-13-20/h2-15,17,22-23H,16H2,1H3. The maximum atomic E-state index is 9.57. The zero-order chi connectivity index (χ0) is 16.1. The molecule has 3 rings (SSSR count). The van der Waals surface area contributed by atoms with Crippen LogP contribution in [0.25, 0.3) is 0 Å². The van der Waals surface area contributed by atoms with Crippen molar-refractivity contribution in [3.8, 4) is 5.75 Å². The molecule has 23 heavy (non-hydrogen) atoms. The molecule has 0 saturated carbocycles. The zero-order valence-corrected chi connectivity index (χ0v) is 13.4. The second-order valence-electron chi connectivity index (χ2n) is 6.10. The van der Waals surface area contributed by atoms with Crippen LogP contribution in [0.3, 0.4) is 0 Å². The van der Waals surface area contributed by atoms with Gasteiger partial charge in [0.25, 0.3) is 0 Å². The van der Waals surface area contributed by atoms with Crippen LogP contribution in [0.1, 0.15) is 41.9 Å². The van der Waals surface area contributed by atoms with Gasteiger partial charge in [-0.15, -0.1) is 0 Å². The average Bonchev–Trinajstić information content (AvgIpc) is 2.62. The molecule has 0 aliphatic rings. The first-order chi connectivity index (χ1) is 11.2. The summed E-state index contributed by atoms with van der Waals surface area (Å²) in [6.45, 7) is 2.28. The fourth-order valence-electron chi connectivity index (χ4n) is 3.13. The Morgan fingerprint density at radius 1 is 0.652 bits per heavy atom. The monoisotopic (exact) mass is 302 g/mol. The third-order valence-electron chi connectivity index (χ3n) is 4.46. The molecule has 0 amide bonds. The molecule has 0 bridgehead atoms. The van der Waals surface area contributed by atoms with Crippen molar-refractivity contribution in [2.45, 2.75) is 25.2 Å². The fourth-order valence-corrected chi connectivity index (χ4v) is 3.13. The predicted octanol–water partition coefficient (Wildman–Crippen LogP) is 5.72. The van der Waals surface area contributed by atoms with Crippen LogP contribution < -0.4 is 0 Å². The zero-order valence-electron chi connectivity index (χ0n) is 13.4. The highest BCUT2D eigenvalue weighted by molar-refractivity contribution is 5.36. The normalized spacial score (nSPS) is 13.4. The van der Waals surface area contributed by atoms with Crippen molar-refractivity contribution in [2.75, 3.05) is 0 Å². The summed E-state index contributed by atoms with van der Waals surface area (Å²) >= 11 is 0. The summed E-state index contributed by atoms with van der Waals surface area (Å²) in [5.41, 5.74) is 3.94. The van der Waals surface area contributed by atoms with E-state index in [1.807, 2.05) is 12.1 Å². The Hall–Kier alpha value is -2.54. The Labute approximate surface area is 138 Å². The van der Waals surface area contributed by atoms with Gasteiger partial charge in [0.15, 0.2) is 0 Å². The lowest BCUT2D eigenvalue weighted by atomic mass is 9.82. The highest BCUT2D eigenvalue weighted by Crippen LogP contribution is 2.35. The van der Waals surface area contributed by atoms with E-state index in [9.17, 15) is 5.11 Å². The van der Waals surface area contributed by atoms with Crippen molar-refractivity contribution in [2.24, 2.45) is 0 Å². The van der Waals surface area contributed by atoms with Crippen molar-refractivity contribution in [1.82, 2.24) is 0 Å². The molecule has 1 heteroatoms. The van der Waals surface area contributed by atoms with Crippen LogP contribution in [0.15, 0.2) is 84.9 Å². The largest absolute Gasteiger partial charge is 0.508 e. The molecule has 0 aliphatic heterocycles. The van der Waals surface area contributed by atoms with Crippen molar-refractivity contribution in [3.63, 3.8) is 0 Å². The molecule has 0 aromatic heterocycles. The minimum Gasteiger partial charge on any atom is -0.508 e. The molecule has 1 N–H and O–H groups in total. The summed E-state index contributed by atoms with van der Waals surface area (Å²) < 4.78 is 0. The van der Waals surface area contributed by atoms with Gasteiger partial charge >= 0.3 is 0 Å². The van der Waals surface area contributed by atoms with E-state index in [1.165, 1.54) is 16.7 Å². The van der Waals surface area contributed by atoms with E-state index in [-0.39, 0.29) is 0 Å². The van der Waals surface area contributed by atoms with Gasteiger partial charge in [-0.1, -0.05) is 79.7 Å². The van der Waals surface area contributed by atoms with Crippen LogP contribution in [-0.2, 0) is 0 Å². The highest BCUT2D eigenvalue weighted by Gasteiger charge is 2.18. The van der Waals surface area contributed by atoms with Crippen molar-refractivity contribution >= 4 is 0 Å². The SMILES string of the molecule is CC(CC(c1ccccc1)c1ccc(O)cc1)c1ccccc1. The Bertz CT molecular complexity index is 717. The van der Waals surface area contributed by atoms with Crippen molar-refractivity contribution in [3.05, 3.63) is 102 Å². The first-order valence-corrected chi connectivity index (χ1v) is 8.13. The summed E-state index contributed by atoms with van der Waals surface area (Å²) in [5, 5.41) is 9.57. The van der Waals surface area contributed by atoms with E-state index < -0.39 is 0 Å². The Kier molecular flexibility index (Phi) is 4.77. The number of phenolic OH excluding ortho intramolecular Hbond substituents is 1. The quantitative estimate of drug-likeness (QED) is 0.639. The third kappa shape index (κ3) is 3.81. The minimum atomic E-state index is 0.316. The van der Waals surface area contributed by atoms with E-state index >= 15 is 0 Å². The lowest BCUT2D eigenvalue weighted by molar-refractivity contribution is 0.474. The van der Waals surface area contributed by atoms with Crippen molar-refractivity contribution < 1.29 is 5.11 Å². The summed E-state index contributed by atoms with van der Waals surface area (Å²) in [4.78, 5) is 0. The number of aromatic hydroxyl groups is 1. The molecule has 3 aromatic rings. The molecule has 0 fully saturated rings. The second kappa shape index (κ2) is 7.15. The Balaban J connectivity index is 1.91. The minimum absolute atomic E-state index is 0.316. The van der Waals surface area contributed by atoms with Gasteiger partial charge in [0.2, 0.25) is 0 Å². The second-order valence-corrected chi connectivity index (χ2v) is 6.10. The summed E-state index contributed by atoms with van der Waals surface area (Å²) in [6.07, 6.45) is 1.04. The van der Waals surface area contributed by atoms with E-state index in [1.54, 1.807) is 12.1 Å². The Morgan fingerprint density at radius 2 is 1.13 bits per heavy atom. The van der Waals surface area contributed by atoms with Crippen LogP contribution in [0, 0.1) is 0 Å². The van der Waals surface area contributed by atoms with Crippen LogP contribution >= 0.6 is 0 Å². The van der Waals surface area contributed by atoms with Crippen LogP contribution in [0.2, 0.25) is 0 Å². The first-order valence-electron chi connectivity index (χ1n) is 8.13.